The fourth-order valence-electron chi connectivity index (χ4n) is 3.37. The molecule has 1 N–H and O–H groups in total. The Hall–Kier alpha value is -4.15. The zero-order valence-corrected chi connectivity index (χ0v) is 18.5. The van der Waals surface area contributed by atoms with E-state index in [1.165, 1.54) is 24.3 Å². The predicted octanol–water partition coefficient (Wildman–Crippen LogP) is 5.67. The zero-order valence-electron chi connectivity index (χ0n) is 18.5. The highest BCUT2D eigenvalue weighted by molar-refractivity contribution is 6.02. The molecule has 0 aliphatic heterocycles. The number of benzene rings is 2. The molecule has 0 spiro atoms. The summed E-state index contributed by atoms with van der Waals surface area (Å²) in [5, 5.41) is 7.09. The molecule has 0 bridgehead atoms. The number of ether oxygens (including phenoxy) is 1. The smallest absolute Gasteiger partial charge is 0.291 e. The summed E-state index contributed by atoms with van der Waals surface area (Å²) in [5.41, 5.74) is 2.45. The molecule has 0 saturated heterocycles. The van der Waals surface area contributed by atoms with Crippen LogP contribution >= 0.6 is 0 Å². The molecule has 0 radical (unpaired) electrons. The maximum Gasteiger partial charge on any atom is 0.291 e. The van der Waals surface area contributed by atoms with E-state index in [-0.39, 0.29) is 23.4 Å². The highest BCUT2D eigenvalue weighted by atomic mass is 19.2. The number of carbonyl (C=O) groups excluding carboxylic acids is 1. The van der Waals surface area contributed by atoms with Gasteiger partial charge < -0.3 is 14.5 Å². The fraction of sp³-hybridized carbons (Fsp3) is 0.167. The number of rotatable bonds is 7. The number of nitrogens with one attached hydrogen (secondary N) is 1. The van der Waals surface area contributed by atoms with Crippen LogP contribution in [0.3, 0.4) is 0 Å². The number of hydrogen-bond donors (Lipinski definition) is 1. The summed E-state index contributed by atoms with van der Waals surface area (Å²) in [6.45, 7) is 3.23. The minimum atomic E-state index is -1.68. The third-order valence-corrected chi connectivity index (χ3v) is 5.18. The van der Waals surface area contributed by atoms with Crippen LogP contribution in [0.2, 0.25) is 0 Å². The highest BCUT2D eigenvalue weighted by Gasteiger charge is 2.22. The molecule has 0 fully saturated rings. The van der Waals surface area contributed by atoms with Crippen molar-refractivity contribution in [3.8, 4) is 5.75 Å². The lowest BCUT2D eigenvalue weighted by atomic mass is 10.2. The van der Waals surface area contributed by atoms with Crippen LogP contribution in [-0.4, -0.2) is 15.7 Å². The molecule has 35 heavy (non-hydrogen) atoms. The fourth-order valence-corrected chi connectivity index (χ4v) is 3.37. The lowest BCUT2D eigenvalue weighted by Gasteiger charge is -2.08. The maximum absolute atomic E-state index is 13.7. The first-order chi connectivity index (χ1) is 16.6. The summed E-state index contributed by atoms with van der Waals surface area (Å²) in [6.07, 6.45) is 0. The Morgan fingerprint density at radius 1 is 1.00 bits per heavy atom. The number of carbonyl (C=O) groups is 1. The largest absolute Gasteiger partial charge is 0.479 e. The van der Waals surface area contributed by atoms with Crippen LogP contribution in [0.5, 0.6) is 5.75 Å². The molecule has 4 rings (SSSR count). The molecule has 2 aromatic carbocycles. The molecule has 0 unspecified atom stereocenters. The van der Waals surface area contributed by atoms with Crippen molar-refractivity contribution in [3.05, 3.63) is 100 Å². The molecule has 1 amide bonds. The second-order valence-corrected chi connectivity index (χ2v) is 7.64. The number of anilines is 1. The number of hydrogen-bond acceptors (Lipinski definition) is 4. The minimum Gasteiger partial charge on any atom is -0.479 e. The second kappa shape index (κ2) is 9.61. The van der Waals surface area contributed by atoms with E-state index in [9.17, 15) is 26.7 Å². The van der Waals surface area contributed by atoms with Crippen molar-refractivity contribution in [2.24, 2.45) is 0 Å². The number of furan rings is 1. The van der Waals surface area contributed by atoms with E-state index in [1.807, 2.05) is 0 Å². The molecule has 182 valence electrons. The molecule has 0 aliphatic rings. The number of halogens is 5. The van der Waals surface area contributed by atoms with E-state index in [4.69, 9.17) is 9.15 Å². The van der Waals surface area contributed by atoms with Gasteiger partial charge in [-0.3, -0.25) is 9.48 Å². The van der Waals surface area contributed by atoms with E-state index < -0.39 is 41.5 Å². The van der Waals surface area contributed by atoms with E-state index in [0.717, 1.165) is 5.56 Å². The molecule has 2 heterocycles. The van der Waals surface area contributed by atoms with Crippen LogP contribution in [0.15, 0.2) is 46.9 Å². The van der Waals surface area contributed by atoms with Crippen LogP contribution in [-0.2, 0) is 13.2 Å². The molecule has 6 nitrogen and oxygen atoms in total. The maximum atomic E-state index is 13.7. The SMILES string of the molecule is Cc1nn(Cc2ccc(F)cc2)c(C)c1NC(=O)c1ccc(COc2c(F)c(F)cc(F)c2F)o1. The summed E-state index contributed by atoms with van der Waals surface area (Å²) in [4.78, 5) is 12.7. The summed E-state index contributed by atoms with van der Waals surface area (Å²) in [7, 11) is 0. The van der Waals surface area contributed by atoms with Gasteiger partial charge in [0.15, 0.2) is 23.1 Å². The lowest BCUT2D eigenvalue weighted by molar-refractivity contribution is 0.0992. The summed E-state index contributed by atoms with van der Waals surface area (Å²) in [5.74, 6) is -8.94. The standard InChI is InChI=1S/C24H18F5N3O3/c1-12-22(13(2)32(31-12)10-14-3-5-15(25)6-4-14)30-24(33)19-8-7-16(35-19)11-34-23-20(28)17(26)9-18(27)21(23)29/h3-9H,10-11H2,1-2H3,(H,30,33). The molecule has 0 aliphatic carbocycles. The average molecular weight is 491 g/mol. The van der Waals surface area contributed by atoms with Gasteiger partial charge in [0, 0.05) is 6.07 Å². The lowest BCUT2D eigenvalue weighted by Crippen LogP contribution is -2.12. The highest BCUT2D eigenvalue weighted by Crippen LogP contribution is 2.28. The number of amides is 1. The van der Waals surface area contributed by atoms with E-state index in [1.54, 1.807) is 30.7 Å². The number of nitrogens with zero attached hydrogens (tertiary/aromatic N) is 2. The topological polar surface area (TPSA) is 69.3 Å². The molecular weight excluding hydrogens is 473 g/mol. The molecule has 11 heteroatoms. The van der Waals surface area contributed by atoms with Crippen molar-refractivity contribution in [2.75, 3.05) is 5.32 Å². The van der Waals surface area contributed by atoms with Crippen LogP contribution < -0.4 is 10.1 Å². The van der Waals surface area contributed by atoms with Crippen molar-refractivity contribution in [1.82, 2.24) is 9.78 Å². The summed E-state index contributed by atoms with van der Waals surface area (Å²) in [6, 6.07) is 8.64. The first-order valence-corrected chi connectivity index (χ1v) is 10.3. The molecule has 0 atom stereocenters. The van der Waals surface area contributed by atoms with Crippen molar-refractivity contribution in [1.29, 1.82) is 0 Å². The summed E-state index contributed by atoms with van der Waals surface area (Å²) < 4.78 is 79.0. The Morgan fingerprint density at radius 2 is 1.66 bits per heavy atom. The van der Waals surface area contributed by atoms with Crippen LogP contribution in [0.1, 0.15) is 33.3 Å². The second-order valence-electron chi connectivity index (χ2n) is 7.64. The van der Waals surface area contributed by atoms with Gasteiger partial charge in [-0.05, 0) is 43.7 Å². The van der Waals surface area contributed by atoms with Gasteiger partial charge >= 0.3 is 0 Å². The zero-order chi connectivity index (χ0) is 25.3. The predicted molar refractivity (Wildman–Crippen MR) is 114 cm³/mol. The van der Waals surface area contributed by atoms with Crippen LogP contribution in [0.25, 0.3) is 0 Å². The normalized spacial score (nSPS) is 11.1. The van der Waals surface area contributed by atoms with Gasteiger partial charge in [0.05, 0.1) is 23.6 Å². The molecular formula is C24H18F5N3O3. The van der Waals surface area contributed by atoms with Crippen LogP contribution in [0.4, 0.5) is 27.6 Å². The van der Waals surface area contributed by atoms with Gasteiger partial charge in [0.2, 0.25) is 11.6 Å². The van der Waals surface area contributed by atoms with Crippen molar-refractivity contribution >= 4 is 11.6 Å². The van der Waals surface area contributed by atoms with E-state index >= 15 is 0 Å². The van der Waals surface area contributed by atoms with Crippen molar-refractivity contribution < 1.29 is 35.9 Å². The van der Waals surface area contributed by atoms with E-state index in [2.05, 4.69) is 10.4 Å². The van der Waals surface area contributed by atoms with Gasteiger partial charge in [-0.1, -0.05) is 12.1 Å². The first kappa shape index (κ1) is 24.0. The van der Waals surface area contributed by atoms with Gasteiger partial charge in [0.1, 0.15) is 18.2 Å². The Morgan fingerprint density at radius 3 is 2.31 bits per heavy atom. The Bertz CT molecular complexity index is 1370. The molecule has 2 aromatic heterocycles. The van der Waals surface area contributed by atoms with Gasteiger partial charge in [-0.2, -0.15) is 13.9 Å². The Labute approximate surface area is 195 Å². The third-order valence-electron chi connectivity index (χ3n) is 5.18. The van der Waals surface area contributed by atoms with Gasteiger partial charge in [-0.15, -0.1) is 0 Å². The molecule has 4 aromatic rings. The van der Waals surface area contributed by atoms with Crippen molar-refractivity contribution in [2.45, 2.75) is 27.0 Å². The van der Waals surface area contributed by atoms with Crippen molar-refractivity contribution in [3.63, 3.8) is 0 Å². The third kappa shape index (κ3) is 5.03. The quantitative estimate of drug-likeness (QED) is 0.267. The summed E-state index contributed by atoms with van der Waals surface area (Å²) >= 11 is 0. The first-order valence-electron chi connectivity index (χ1n) is 10.3. The minimum absolute atomic E-state index is 0.0148. The Balaban J connectivity index is 1.44. The molecule has 0 saturated carbocycles. The Kier molecular flexibility index (Phi) is 6.59. The van der Waals surface area contributed by atoms with Gasteiger partial charge in [-0.25, -0.2) is 13.2 Å². The number of aromatic nitrogens is 2. The van der Waals surface area contributed by atoms with E-state index in [0.29, 0.717) is 23.6 Å². The van der Waals surface area contributed by atoms with Gasteiger partial charge in [0.25, 0.3) is 5.91 Å². The monoisotopic (exact) mass is 491 g/mol. The number of aryl methyl sites for hydroxylation is 1. The van der Waals surface area contributed by atoms with Crippen LogP contribution in [0, 0.1) is 42.9 Å². The average Bonchev–Trinajstić information content (AvgIpc) is 3.40.